The second-order valence-corrected chi connectivity index (χ2v) is 2.49. The molecule has 0 fully saturated rings. The number of carbonyl (C=O) groups is 2. The average molecular weight is 204 g/mol. The maximum absolute atomic E-state index is 10.2. The van der Waals surface area contributed by atoms with E-state index in [1.807, 2.05) is 13.8 Å². The Labute approximate surface area is 82.9 Å². The van der Waals surface area contributed by atoms with Crippen molar-refractivity contribution in [2.75, 3.05) is 19.6 Å². The minimum Gasteiger partial charge on any atom is -0.409 e. The zero-order valence-electron chi connectivity index (χ0n) is 8.41. The van der Waals surface area contributed by atoms with E-state index in [9.17, 15) is 9.59 Å². The van der Waals surface area contributed by atoms with Crippen LogP contribution in [0.5, 0.6) is 0 Å². The third kappa shape index (κ3) is 4.20. The molecule has 0 aliphatic rings. The first-order valence-corrected chi connectivity index (χ1v) is 4.43. The molecule has 82 valence electrons. The molecule has 14 heavy (non-hydrogen) atoms. The van der Waals surface area contributed by atoms with Crippen LogP contribution in [0.15, 0.2) is 0 Å². The van der Waals surface area contributed by atoms with Gasteiger partial charge in [0.2, 0.25) is 0 Å². The lowest BCUT2D eigenvalue weighted by Crippen LogP contribution is -2.56. The van der Waals surface area contributed by atoms with Gasteiger partial charge >= 0.3 is 5.91 Å². The fourth-order valence-electron chi connectivity index (χ4n) is 0.971. The molecule has 0 saturated carbocycles. The number of hydrogen-bond acceptors (Lipinski definition) is 6. The van der Waals surface area contributed by atoms with E-state index < -0.39 is 5.91 Å². The summed E-state index contributed by atoms with van der Waals surface area (Å²) in [6, 6.07) is 0. The number of carbonyl (C=O) groups excluding carboxylic acids is 2. The fraction of sp³-hybridized carbons (Fsp3) is 0.750. The quantitative estimate of drug-likeness (QED) is 0.378. The predicted octanol–water partition coefficient (Wildman–Crippen LogP) is -0.795. The van der Waals surface area contributed by atoms with Gasteiger partial charge in [0.05, 0.1) is 6.54 Å². The average Bonchev–Trinajstić information content (AvgIpc) is 2.16. The van der Waals surface area contributed by atoms with E-state index in [1.165, 1.54) is 0 Å². The molecule has 6 nitrogen and oxygen atoms in total. The molecule has 0 rings (SSSR count). The van der Waals surface area contributed by atoms with Gasteiger partial charge in [-0.3, -0.25) is 9.59 Å². The fourth-order valence-corrected chi connectivity index (χ4v) is 0.971. The monoisotopic (exact) mass is 204 g/mol. The third-order valence-corrected chi connectivity index (χ3v) is 1.53. The predicted molar refractivity (Wildman–Crippen MR) is 49.2 cm³/mol. The molecule has 0 aromatic rings. The van der Waals surface area contributed by atoms with E-state index in [2.05, 4.69) is 10.6 Å². The summed E-state index contributed by atoms with van der Waals surface area (Å²) >= 11 is 0. The summed E-state index contributed by atoms with van der Waals surface area (Å²) in [5, 5.41) is 5.68. The van der Waals surface area contributed by atoms with Crippen LogP contribution in [0.2, 0.25) is 0 Å². The Morgan fingerprint density at radius 2 is 1.71 bits per heavy atom. The highest BCUT2D eigenvalue weighted by Gasteiger charge is 2.32. The first kappa shape index (κ1) is 12.9. The molecule has 0 bridgehead atoms. The second kappa shape index (κ2) is 7.28. The van der Waals surface area contributed by atoms with Gasteiger partial charge in [0.1, 0.15) is 0 Å². The molecule has 0 aromatic heterocycles. The van der Waals surface area contributed by atoms with Gasteiger partial charge in [-0.15, -0.1) is 0 Å². The lowest BCUT2D eigenvalue weighted by molar-refractivity contribution is -0.221. The lowest BCUT2D eigenvalue weighted by Gasteiger charge is -2.29. The van der Waals surface area contributed by atoms with Gasteiger partial charge in [-0.2, -0.15) is 0 Å². The molecule has 0 aromatic carbocycles. The van der Waals surface area contributed by atoms with Crippen LogP contribution in [0.25, 0.3) is 0 Å². The first-order chi connectivity index (χ1) is 6.74. The summed E-state index contributed by atoms with van der Waals surface area (Å²) in [6.07, 6.45) is 0. The molecule has 0 heterocycles. The summed E-state index contributed by atoms with van der Waals surface area (Å²) in [5.74, 6) is -1.39. The van der Waals surface area contributed by atoms with Gasteiger partial charge in [0.15, 0.2) is 0 Å². The Morgan fingerprint density at radius 1 is 1.14 bits per heavy atom. The van der Waals surface area contributed by atoms with Gasteiger partial charge in [-0.1, -0.05) is 13.8 Å². The number of ether oxygens (including phenoxy) is 2. The Hall–Kier alpha value is -1.14. The SMILES string of the molecule is CCNCC(NCC)(OC=O)OC=O. The minimum atomic E-state index is -1.39. The molecule has 0 radical (unpaired) electrons. The molecule has 0 aliphatic heterocycles. The molecule has 0 unspecified atom stereocenters. The van der Waals surface area contributed by atoms with E-state index in [-0.39, 0.29) is 19.5 Å². The summed E-state index contributed by atoms with van der Waals surface area (Å²) in [7, 11) is 0. The highest BCUT2D eigenvalue weighted by atomic mass is 16.7. The van der Waals surface area contributed by atoms with Gasteiger partial charge in [-0.25, -0.2) is 5.32 Å². The summed E-state index contributed by atoms with van der Waals surface area (Å²) in [4.78, 5) is 20.5. The molecule has 0 spiro atoms. The smallest absolute Gasteiger partial charge is 0.330 e. The number of nitrogens with one attached hydrogen (secondary N) is 2. The second-order valence-electron chi connectivity index (χ2n) is 2.49. The highest BCUT2D eigenvalue weighted by Crippen LogP contribution is 2.05. The van der Waals surface area contributed by atoms with Crippen LogP contribution in [-0.4, -0.2) is 38.5 Å². The number of hydrogen-bond donors (Lipinski definition) is 2. The van der Waals surface area contributed by atoms with E-state index >= 15 is 0 Å². The summed E-state index contributed by atoms with van der Waals surface area (Å²) in [5.41, 5.74) is 0. The summed E-state index contributed by atoms with van der Waals surface area (Å²) in [6.45, 7) is 5.56. The Morgan fingerprint density at radius 3 is 2.07 bits per heavy atom. The van der Waals surface area contributed by atoms with Crippen molar-refractivity contribution in [3.05, 3.63) is 0 Å². The van der Waals surface area contributed by atoms with Crippen LogP contribution in [0.4, 0.5) is 0 Å². The van der Waals surface area contributed by atoms with Crippen LogP contribution in [0, 0.1) is 0 Å². The maximum Gasteiger partial charge on any atom is 0.330 e. The number of likely N-dealkylation sites (N-methyl/N-ethyl adjacent to an activating group) is 2. The third-order valence-electron chi connectivity index (χ3n) is 1.53. The largest absolute Gasteiger partial charge is 0.409 e. The molecule has 0 atom stereocenters. The van der Waals surface area contributed by atoms with Crippen LogP contribution >= 0.6 is 0 Å². The lowest BCUT2D eigenvalue weighted by atomic mass is 10.4. The van der Waals surface area contributed by atoms with E-state index in [1.54, 1.807) is 0 Å². The molecule has 2 N–H and O–H groups in total. The maximum atomic E-state index is 10.2. The van der Waals surface area contributed by atoms with Crippen molar-refractivity contribution in [1.29, 1.82) is 0 Å². The van der Waals surface area contributed by atoms with Crippen molar-refractivity contribution >= 4 is 12.9 Å². The molecule has 6 heteroatoms. The minimum absolute atomic E-state index is 0.203. The molecular formula is C8H16N2O4. The van der Waals surface area contributed by atoms with Crippen molar-refractivity contribution in [3.63, 3.8) is 0 Å². The molecule has 0 aliphatic carbocycles. The van der Waals surface area contributed by atoms with Gasteiger partial charge in [0.25, 0.3) is 12.9 Å². The van der Waals surface area contributed by atoms with E-state index in [4.69, 9.17) is 9.47 Å². The molecule has 0 amide bonds. The van der Waals surface area contributed by atoms with Crippen LogP contribution < -0.4 is 10.6 Å². The number of rotatable bonds is 9. The van der Waals surface area contributed by atoms with Crippen molar-refractivity contribution in [2.24, 2.45) is 0 Å². The summed E-state index contributed by atoms with van der Waals surface area (Å²) < 4.78 is 9.41. The van der Waals surface area contributed by atoms with Crippen molar-refractivity contribution in [2.45, 2.75) is 19.8 Å². The first-order valence-electron chi connectivity index (χ1n) is 4.43. The van der Waals surface area contributed by atoms with Crippen LogP contribution in [-0.2, 0) is 19.1 Å². The van der Waals surface area contributed by atoms with Crippen molar-refractivity contribution in [3.8, 4) is 0 Å². The van der Waals surface area contributed by atoms with Gasteiger partial charge < -0.3 is 14.8 Å². The van der Waals surface area contributed by atoms with Crippen molar-refractivity contribution in [1.82, 2.24) is 10.6 Å². The van der Waals surface area contributed by atoms with Crippen LogP contribution in [0.1, 0.15) is 13.8 Å². The van der Waals surface area contributed by atoms with Gasteiger partial charge in [0, 0.05) is 0 Å². The zero-order chi connectivity index (χ0) is 10.9. The topological polar surface area (TPSA) is 76.7 Å². The zero-order valence-corrected chi connectivity index (χ0v) is 8.41. The Balaban J connectivity index is 4.35. The highest BCUT2D eigenvalue weighted by molar-refractivity contribution is 5.41. The van der Waals surface area contributed by atoms with Crippen LogP contribution in [0.3, 0.4) is 0 Å². The molecular weight excluding hydrogens is 188 g/mol. The normalized spacial score (nSPS) is 10.7. The Bertz CT molecular complexity index is 165. The Kier molecular flexibility index (Phi) is 6.69. The molecule has 0 saturated heterocycles. The van der Waals surface area contributed by atoms with E-state index in [0.717, 1.165) is 0 Å². The van der Waals surface area contributed by atoms with E-state index in [0.29, 0.717) is 13.1 Å². The van der Waals surface area contributed by atoms with Gasteiger partial charge in [-0.05, 0) is 13.1 Å². The standard InChI is InChI=1S/C8H16N2O4/c1-3-9-5-8(10-4-2,13-6-11)14-7-12/h6-7,9-10H,3-5H2,1-2H3. The van der Waals surface area contributed by atoms with Crippen molar-refractivity contribution < 1.29 is 19.1 Å².